The Morgan fingerprint density at radius 3 is 2.67 bits per heavy atom. The number of rotatable bonds is 1. The van der Waals surface area contributed by atoms with Crippen LogP contribution in [0.1, 0.15) is 0 Å². The molecule has 0 radical (unpaired) electrons. The van der Waals surface area contributed by atoms with E-state index in [1.54, 1.807) is 12.3 Å². The average Bonchev–Trinajstić information content (AvgIpc) is 2.58. The number of hydrogen-bond acceptors (Lipinski definition) is 3. The van der Waals surface area contributed by atoms with Gasteiger partial charge in [-0.3, -0.25) is 0 Å². The van der Waals surface area contributed by atoms with Gasteiger partial charge in [0.25, 0.3) is 5.35 Å². The van der Waals surface area contributed by atoms with E-state index in [2.05, 4.69) is 4.98 Å². The Balaban J connectivity index is 2.43. The highest BCUT2D eigenvalue weighted by Gasteiger charge is 2.06. The molecule has 0 fully saturated rings. The highest BCUT2D eigenvalue weighted by Crippen LogP contribution is 2.31. The van der Waals surface area contributed by atoms with Crippen molar-refractivity contribution in [3.8, 4) is 10.6 Å². The minimum absolute atomic E-state index is 0.148. The van der Waals surface area contributed by atoms with E-state index in [0.29, 0.717) is 5.76 Å². The monoisotopic (exact) mass is 219 g/mol. The molecule has 0 aliphatic carbocycles. The summed E-state index contributed by atoms with van der Waals surface area (Å²) >= 11 is 12.7. The first-order valence-electron chi connectivity index (χ1n) is 3.13. The fourth-order valence-electron chi connectivity index (χ4n) is 0.813. The standard InChI is InChI=1S/C7H3Cl2NOS/c8-6-2-1-5(12-6)4-3-10-7(9)11-4/h1-3H. The van der Waals surface area contributed by atoms with Crippen LogP contribution in [-0.4, -0.2) is 4.98 Å². The van der Waals surface area contributed by atoms with Crippen molar-refractivity contribution in [2.45, 2.75) is 0 Å². The molecule has 2 aromatic heterocycles. The lowest BCUT2D eigenvalue weighted by Crippen LogP contribution is -1.59. The molecule has 0 spiro atoms. The SMILES string of the molecule is Clc1ncc(-c2ccc(Cl)s2)o1. The van der Waals surface area contributed by atoms with Gasteiger partial charge in [-0.15, -0.1) is 11.3 Å². The lowest BCUT2D eigenvalue weighted by molar-refractivity contribution is 0.575. The molecule has 2 heterocycles. The molecule has 0 aromatic carbocycles. The highest BCUT2D eigenvalue weighted by molar-refractivity contribution is 7.19. The number of halogens is 2. The Hall–Kier alpha value is -0.510. The third-order valence-corrected chi connectivity index (χ3v) is 2.71. The number of oxazole rings is 1. The van der Waals surface area contributed by atoms with Crippen LogP contribution in [0.3, 0.4) is 0 Å². The Bertz CT molecular complexity index is 357. The number of thiophene rings is 1. The second kappa shape index (κ2) is 3.09. The molecule has 0 amide bonds. The van der Waals surface area contributed by atoms with E-state index >= 15 is 0 Å². The Morgan fingerprint density at radius 1 is 1.33 bits per heavy atom. The topological polar surface area (TPSA) is 26.0 Å². The van der Waals surface area contributed by atoms with Crippen LogP contribution in [0.4, 0.5) is 0 Å². The van der Waals surface area contributed by atoms with Crippen molar-refractivity contribution in [2.75, 3.05) is 0 Å². The summed E-state index contributed by atoms with van der Waals surface area (Å²) in [6.45, 7) is 0. The van der Waals surface area contributed by atoms with E-state index in [-0.39, 0.29) is 5.35 Å². The maximum atomic E-state index is 5.74. The van der Waals surface area contributed by atoms with Crippen LogP contribution in [0.15, 0.2) is 22.7 Å². The van der Waals surface area contributed by atoms with E-state index in [1.807, 2.05) is 6.07 Å². The molecule has 0 aliphatic heterocycles. The Labute approximate surface area is 82.7 Å². The molecule has 0 saturated heterocycles. The molecule has 5 heteroatoms. The van der Waals surface area contributed by atoms with Gasteiger partial charge < -0.3 is 4.42 Å². The third-order valence-electron chi connectivity index (χ3n) is 1.29. The van der Waals surface area contributed by atoms with Crippen LogP contribution in [0.2, 0.25) is 9.69 Å². The van der Waals surface area contributed by atoms with Crippen molar-refractivity contribution in [3.63, 3.8) is 0 Å². The molecule has 62 valence electrons. The fraction of sp³-hybridized carbons (Fsp3) is 0. The van der Waals surface area contributed by atoms with E-state index in [0.717, 1.165) is 9.21 Å². The normalized spacial score (nSPS) is 10.5. The first-order valence-corrected chi connectivity index (χ1v) is 4.70. The van der Waals surface area contributed by atoms with Crippen LogP contribution in [-0.2, 0) is 0 Å². The fourth-order valence-corrected chi connectivity index (χ4v) is 1.93. The maximum Gasteiger partial charge on any atom is 0.292 e. The van der Waals surface area contributed by atoms with Crippen molar-refractivity contribution in [2.24, 2.45) is 0 Å². The second-order valence-corrected chi connectivity index (χ2v) is 4.12. The second-order valence-electron chi connectivity index (χ2n) is 2.08. The summed E-state index contributed by atoms with van der Waals surface area (Å²) < 4.78 is 5.81. The van der Waals surface area contributed by atoms with Crippen LogP contribution in [0.5, 0.6) is 0 Å². The predicted octanol–water partition coefficient (Wildman–Crippen LogP) is 3.71. The summed E-state index contributed by atoms with van der Waals surface area (Å²) in [6.07, 6.45) is 1.57. The summed E-state index contributed by atoms with van der Waals surface area (Å²) in [7, 11) is 0. The predicted molar refractivity (Wildman–Crippen MR) is 49.8 cm³/mol. The van der Waals surface area contributed by atoms with Gasteiger partial charge in [-0.05, 0) is 23.7 Å². The molecule has 2 rings (SSSR count). The summed E-state index contributed by atoms with van der Waals surface area (Å²) in [5.74, 6) is 0.650. The van der Waals surface area contributed by atoms with E-state index < -0.39 is 0 Å². The van der Waals surface area contributed by atoms with Crippen molar-refractivity contribution in [1.82, 2.24) is 4.98 Å². The first-order chi connectivity index (χ1) is 5.75. The van der Waals surface area contributed by atoms with Gasteiger partial charge in [0.2, 0.25) is 0 Å². The van der Waals surface area contributed by atoms with Crippen molar-refractivity contribution >= 4 is 34.5 Å². The molecule has 2 nitrogen and oxygen atoms in total. The van der Waals surface area contributed by atoms with Gasteiger partial charge in [0.05, 0.1) is 15.4 Å². The molecule has 0 aliphatic rings. The van der Waals surface area contributed by atoms with E-state index in [9.17, 15) is 0 Å². The molecule has 12 heavy (non-hydrogen) atoms. The van der Waals surface area contributed by atoms with Crippen LogP contribution in [0.25, 0.3) is 10.6 Å². The Morgan fingerprint density at radius 2 is 2.17 bits per heavy atom. The zero-order chi connectivity index (χ0) is 8.55. The van der Waals surface area contributed by atoms with Gasteiger partial charge in [-0.2, -0.15) is 0 Å². The smallest absolute Gasteiger partial charge is 0.292 e. The van der Waals surface area contributed by atoms with Gasteiger partial charge in [0.1, 0.15) is 0 Å². The van der Waals surface area contributed by atoms with Crippen LogP contribution in [0, 0.1) is 0 Å². The van der Waals surface area contributed by atoms with E-state index in [1.165, 1.54) is 11.3 Å². The minimum atomic E-state index is 0.148. The largest absolute Gasteiger partial charge is 0.427 e. The van der Waals surface area contributed by atoms with Crippen LogP contribution >= 0.6 is 34.5 Å². The molecule has 0 bridgehead atoms. The molecule has 2 aromatic rings. The summed E-state index contributed by atoms with van der Waals surface area (Å²) in [5.41, 5.74) is 0. The van der Waals surface area contributed by atoms with Crippen molar-refractivity contribution in [1.29, 1.82) is 0 Å². The van der Waals surface area contributed by atoms with E-state index in [4.69, 9.17) is 27.6 Å². The average molecular weight is 220 g/mol. The third kappa shape index (κ3) is 1.48. The first kappa shape index (κ1) is 8.10. The van der Waals surface area contributed by atoms with Gasteiger partial charge in [0.15, 0.2) is 5.76 Å². The molecular weight excluding hydrogens is 217 g/mol. The van der Waals surface area contributed by atoms with Crippen molar-refractivity contribution < 1.29 is 4.42 Å². The number of hydrogen-bond donors (Lipinski definition) is 0. The molecule has 0 N–H and O–H groups in total. The number of nitrogens with zero attached hydrogens (tertiary/aromatic N) is 1. The maximum absolute atomic E-state index is 5.74. The Kier molecular flexibility index (Phi) is 2.09. The lowest BCUT2D eigenvalue weighted by atomic mass is 10.4. The summed E-state index contributed by atoms with van der Waals surface area (Å²) in [6, 6.07) is 3.67. The lowest BCUT2D eigenvalue weighted by Gasteiger charge is -1.84. The minimum Gasteiger partial charge on any atom is -0.427 e. The molecular formula is C7H3Cl2NOS. The quantitative estimate of drug-likeness (QED) is 0.732. The zero-order valence-corrected chi connectivity index (χ0v) is 8.08. The highest BCUT2D eigenvalue weighted by atomic mass is 35.5. The molecule has 0 saturated carbocycles. The van der Waals surface area contributed by atoms with Gasteiger partial charge in [-0.1, -0.05) is 11.6 Å². The van der Waals surface area contributed by atoms with Crippen molar-refractivity contribution in [3.05, 3.63) is 28.0 Å². The van der Waals surface area contributed by atoms with Gasteiger partial charge in [-0.25, -0.2) is 4.98 Å². The summed E-state index contributed by atoms with van der Waals surface area (Å²) in [5, 5.41) is 0.148. The summed E-state index contributed by atoms with van der Waals surface area (Å²) in [4.78, 5) is 4.69. The van der Waals surface area contributed by atoms with Crippen LogP contribution < -0.4 is 0 Å². The molecule has 0 unspecified atom stereocenters. The number of aromatic nitrogens is 1. The zero-order valence-electron chi connectivity index (χ0n) is 5.75. The molecule has 0 atom stereocenters. The van der Waals surface area contributed by atoms with Gasteiger partial charge >= 0.3 is 0 Å². The van der Waals surface area contributed by atoms with Gasteiger partial charge in [0, 0.05) is 0 Å².